The summed E-state index contributed by atoms with van der Waals surface area (Å²) in [5, 5.41) is 8.63. The minimum atomic E-state index is -0.0301. The Morgan fingerprint density at radius 2 is 2.50 bits per heavy atom. The van der Waals surface area contributed by atoms with E-state index in [0.717, 1.165) is 0 Å². The molecule has 0 bridgehead atoms. The fourth-order valence-corrected chi connectivity index (χ4v) is 0.406. The van der Waals surface area contributed by atoms with Crippen molar-refractivity contribution in [2.24, 2.45) is 0 Å². The largest absolute Gasteiger partial charge is 0.493 e. The van der Waals surface area contributed by atoms with Crippen LogP contribution in [0, 0.1) is 13.1 Å². The molecule has 0 aliphatic carbocycles. The van der Waals surface area contributed by atoms with Crippen LogP contribution < -0.4 is 0 Å². The summed E-state index contributed by atoms with van der Waals surface area (Å²) < 4.78 is 0. The standard InChI is InChI=1S/C5H5N2O/c1-4-6-3-2-5(8)7-4/h2H,1H3,(H,6,7,8). The van der Waals surface area contributed by atoms with Gasteiger partial charge in [0.15, 0.2) is 0 Å². The first-order valence-corrected chi connectivity index (χ1v) is 2.20. The Kier molecular flexibility index (Phi) is 1.12. The topological polar surface area (TPSA) is 46.0 Å². The van der Waals surface area contributed by atoms with Crippen molar-refractivity contribution in [1.82, 2.24) is 9.97 Å². The Labute approximate surface area is 47.0 Å². The van der Waals surface area contributed by atoms with E-state index in [1.165, 1.54) is 6.07 Å². The van der Waals surface area contributed by atoms with Crippen LogP contribution in [0.1, 0.15) is 5.82 Å². The second-order valence-electron chi connectivity index (χ2n) is 1.40. The predicted molar refractivity (Wildman–Crippen MR) is 27.3 cm³/mol. The minimum Gasteiger partial charge on any atom is -0.493 e. The molecule has 0 fully saturated rings. The van der Waals surface area contributed by atoms with E-state index in [4.69, 9.17) is 5.11 Å². The number of aromatic nitrogens is 2. The fourth-order valence-electron chi connectivity index (χ4n) is 0.406. The van der Waals surface area contributed by atoms with Crippen molar-refractivity contribution >= 4 is 0 Å². The molecular weight excluding hydrogens is 104 g/mol. The van der Waals surface area contributed by atoms with Crippen LogP contribution in [0.4, 0.5) is 0 Å². The van der Waals surface area contributed by atoms with Crippen molar-refractivity contribution in [1.29, 1.82) is 0 Å². The molecule has 0 aromatic carbocycles. The van der Waals surface area contributed by atoms with E-state index in [1.807, 2.05) is 0 Å². The third-order valence-electron chi connectivity index (χ3n) is 0.696. The summed E-state index contributed by atoms with van der Waals surface area (Å²) in [7, 11) is 0. The van der Waals surface area contributed by atoms with Crippen LogP contribution in [0.5, 0.6) is 5.88 Å². The van der Waals surface area contributed by atoms with E-state index >= 15 is 0 Å². The normalized spacial score (nSPS) is 9.12. The summed E-state index contributed by atoms with van der Waals surface area (Å²) in [5.41, 5.74) is 0. The van der Waals surface area contributed by atoms with Crippen LogP contribution in [0.3, 0.4) is 0 Å². The predicted octanol–water partition coefficient (Wildman–Crippen LogP) is 0.291. The number of hydrogen-bond donors (Lipinski definition) is 1. The van der Waals surface area contributed by atoms with Gasteiger partial charge in [0.05, 0.1) is 6.20 Å². The molecule has 0 spiro atoms. The molecule has 0 amide bonds. The highest BCUT2D eigenvalue weighted by Crippen LogP contribution is 1.98. The number of nitrogens with zero attached hydrogens (tertiary/aromatic N) is 2. The monoisotopic (exact) mass is 109 g/mol. The van der Waals surface area contributed by atoms with Gasteiger partial charge < -0.3 is 5.11 Å². The average Bonchev–Trinajstić information content (AvgIpc) is 1.64. The second kappa shape index (κ2) is 1.78. The number of aromatic hydroxyl groups is 1. The molecule has 1 rings (SSSR count). The lowest BCUT2D eigenvalue weighted by Crippen LogP contribution is -1.83. The molecule has 0 atom stereocenters. The summed E-state index contributed by atoms with van der Waals surface area (Å²) in [6.45, 7) is 1.69. The lowest BCUT2D eigenvalue weighted by atomic mass is 10.6. The second-order valence-corrected chi connectivity index (χ2v) is 1.40. The third kappa shape index (κ3) is 0.932. The fraction of sp³-hybridized carbons (Fsp3) is 0.200. The van der Waals surface area contributed by atoms with E-state index < -0.39 is 0 Å². The van der Waals surface area contributed by atoms with Crippen LogP contribution in [0.15, 0.2) is 6.07 Å². The van der Waals surface area contributed by atoms with Crippen molar-refractivity contribution in [3.63, 3.8) is 0 Å². The van der Waals surface area contributed by atoms with Gasteiger partial charge in [0.25, 0.3) is 0 Å². The molecule has 0 aliphatic rings. The number of aryl methyl sites for hydroxylation is 1. The molecule has 1 radical (unpaired) electrons. The van der Waals surface area contributed by atoms with Crippen molar-refractivity contribution < 1.29 is 5.11 Å². The Hall–Kier alpha value is -1.12. The summed E-state index contributed by atoms with van der Waals surface area (Å²) in [6.07, 6.45) is 2.47. The molecule has 1 aromatic rings. The van der Waals surface area contributed by atoms with Crippen LogP contribution in [0.2, 0.25) is 0 Å². The van der Waals surface area contributed by atoms with Gasteiger partial charge in [-0.25, -0.2) is 4.98 Å². The molecular formula is C5H5N2O. The molecule has 0 saturated carbocycles. The minimum absolute atomic E-state index is 0.0301. The molecule has 1 N–H and O–H groups in total. The molecule has 0 unspecified atom stereocenters. The van der Waals surface area contributed by atoms with Gasteiger partial charge in [-0.2, -0.15) is 4.98 Å². The molecule has 0 aliphatic heterocycles. The van der Waals surface area contributed by atoms with Gasteiger partial charge in [-0.05, 0) is 6.92 Å². The first kappa shape index (κ1) is 5.03. The SMILES string of the molecule is Cc1n[c]cc(O)n1. The van der Waals surface area contributed by atoms with Crippen molar-refractivity contribution in [2.45, 2.75) is 6.92 Å². The summed E-state index contributed by atoms with van der Waals surface area (Å²) >= 11 is 0. The molecule has 1 aromatic heterocycles. The molecule has 1 heterocycles. The zero-order chi connectivity index (χ0) is 5.98. The zero-order valence-corrected chi connectivity index (χ0v) is 4.42. The van der Waals surface area contributed by atoms with Gasteiger partial charge in [0, 0.05) is 6.07 Å². The highest BCUT2D eigenvalue weighted by Gasteiger charge is 1.86. The third-order valence-corrected chi connectivity index (χ3v) is 0.696. The summed E-state index contributed by atoms with van der Waals surface area (Å²) in [6, 6.07) is 1.31. The van der Waals surface area contributed by atoms with E-state index in [0.29, 0.717) is 5.82 Å². The number of rotatable bonds is 0. The Balaban J connectivity index is 3.08. The average molecular weight is 109 g/mol. The van der Waals surface area contributed by atoms with E-state index in [-0.39, 0.29) is 5.88 Å². The van der Waals surface area contributed by atoms with Gasteiger partial charge in [0.2, 0.25) is 5.88 Å². The lowest BCUT2D eigenvalue weighted by molar-refractivity contribution is 0.450. The maximum Gasteiger partial charge on any atom is 0.214 e. The van der Waals surface area contributed by atoms with Gasteiger partial charge in [-0.1, -0.05) is 0 Å². The summed E-state index contributed by atoms with van der Waals surface area (Å²) in [5.74, 6) is 0.502. The zero-order valence-electron chi connectivity index (χ0n) is 4.42. The van der Waals surface area contributed by atoms with Crippen molar-refractivity contribution in [2.75, 3.05) is 0 Å². The Bertz CT molecular complexity index is 170. The molecule has 3 heteroatoms. The van der Waals surface area contributed by atoms with Crippen molar-refractivity contribution in [3.05, 3.63) is 18.1 Å². The van der Waals surface area contributed by atoms with Gasteiger partial charge in [-0.15, -0.1) is 0 Å². The maximum absolute atomic E-state index is 8.63. The lowest BCUT2D eigenvalue weighted by Gasteiger charge is -1.87. The highest BCUT2D eigenvalue weighted by molar-refractivity contribution is 5.03. The van der Waals surface area contributed by atoms with Gasteiger partial charge in [0.1, 0.15) is 5.82 Å². The van der Waals surface area contributed by atoms with E-state index in [9.17, 15) is 0 Å². The van der Waals surface area contributed by atoms with Crippen LogP contribution in [-0.2, 0) is 0 Å². The van der Waals surface area contributed by atoms with Crippen LogP contribution >= 0.6 is 0 Å². The Morgan fingerprint density at radius 1 is 1.75 bits per heavy atom. The van der Waals surface area contributed by atoms with Gasteiger partial charge >= 0.3 is 0 Å². The van der Waals surface area contributed by atoms with E-state index in [1.54, 1.807) is 6.92 Å². The van der Waals surface area contributed by atoms with Gasteiger partial charge in [-0.3, -0.25) is 0 Å². The molecule has 41 valence electrons. The first-order valence-electron chi connectivity index (χ1n) is 2.20. The van der Waals surface area contributed by atoms with E-state index in [2.05, 4.69) is 16.2 Å². The van der Waals surface area contributed by atoms with Crippen LogP contribution in [-0.4, -0.2) is 15.1 Å². The smallest absolute Gasteiger partial charge is 0.214 e. The summed E-state index contributed by atoms with van der Waals surface area (Å²) in [4.78, 5) is 7.23. The highest BCUT2D eigenvalue weighted by atomic mass is 16.3. The molecule has 3 nitrogen and oxygen atoms in total. The first-order chi connectivity index (χ1) is 3.79. The van der Waals surface area contributed by atoms with Crippen LogP contribution in [0.25, 0.3) is 0 Å². The Morgan fingerprint density at radius 3 is 2.88 bits per heavy atom. The maximum atomic E-state index is 8.63. The number of hydrogen-bond acceptors (Lipinski definition) is 3. The molecule has 0 saturated heterocycles. The van der Waals surface area contributed by atoms with Crippen molar-refractivity contribution in [3.8, 4) is 5.88 Å². The quantitative estimate of drug-likeness (QED) is 0.520. The molecule has 8 heavy (non-hydrogen) atoms.